The number of nitriles is 1. The van der Waals surface area contributed by atoms with Gasteiger partial charge < -0.3 is 14.8 Å². The first kappa shape index (κ1) is 20.6. The molecule has 148 valence electrons. The Morgan fingerprint density at radius 3 is 2.66 bits per heavy atom. The lowest BCUT2D eigenvalue weighted by molar-refractivity contribution is -0.127. The maximum absolute atomic E-state index is 13.9. The fraction of sp³-hybridized carbons (Fsp3) is 0.150. The van der Waals surface area contributed by atoms with Crippen molar-refractivity contribution >= 4 is 28.8 Å². The molecule has 0 saturated heterocycles. The quantitative estimate of drug-likeness (QED) is 0.587. The number of rotatable bonds is 7. The van der Waals surface area contributed by atoms with Crippen LogP contribution in [0.25, 0.3) is 0 Å². The summed E-state index contributed by atoms with van der Waals surface area (Å²) in [7, 11) is 0. The number of amides is 1. The lowest BCUT2D eigenvalue weighted by Gasteiger charge is -2.15. The van der Waals surface area contributed by atoms with Crippen molar-refractivity contribution in [3.05, 3.63) is 69.4 Å². The van der Waals surface area contributed by atoms with Crippen molar-refractivity contribution in [1.82, 2.24) is 10.3 Å². The van der Waals surface area contributed by atoms with E-state index in [0.717, 1.165) is 10.9 Å². The van der Waals surface area contributed by atoms with Crippen molar-refractivity contribution < 1.29 is 18.7 Å². The van der Waals surface area contributed by atoms with Crippen LogP contribution in [0.15, 0.2) is 48.7 Å². The van der Waals surface area contributed by atoms with Gasteiger partial charge in [0.2, 0.25) is 0 Å². The third-order valence-corrected chi connectivity index (χ3v) is 4.87. The van der Waals surface area contributed by atoms with Crippen LogP contribution < -0.4 is 14.8 Å². The number of carbonyl (C=O) groups excluding carboxylic acids is 1. The number of benzene rings is 2. The molecule has 0 aliphatic carbocycles. The molecule has 9 heteroatoms. The van der Waals surface area contributed by atoms with Gasteiger partial charge in [-0.3, -0.25) is 4.79 Å². The van der Waals surface area contributed by atoms with Gasteiger partial charge in [-0.25, -0.2) is 9.37 Å². The summed E-state index contributed by atoms with van der Waals surface area (Å²) in [6.45, 7) is 1.95. The van der Waals surface area contributed by atoms with E-state index in [-0.39, 0.29) is 17.2 Å². The van der Waals surface area contributed by atoms with Crippen LogP contribution in [-0.4, -0.2) is 17.0 Å². The minimum atomic E-state index is -0.721. The smallest absolute Gasteiger partial charge is 0.261 e. The van der Waals surface area contributed by atoms with E-state index < -0.39 is 11.9 Å². The van der Waals surface area contributed by atoms with Crippen LogP contribution >= 0.6 is 22.9 Å². The normalized spacial score (nSPS) is 11.4. The number of nitrogens with zero attached hydrogens (tertiary/aromatic N) is 2. The van der Waals surface area contributed by atoms with E-state index in [9.17, 15) is 9.18 Å². The Hall–Kier alpha value is -3.15. The molecule has 3 aromatic rings. The average molecular weight is 432 g/mol. The summed E-state index contributed by atoms with van der Waals surface area (Å²) >= 11 is 7.05. The molecule has 1 atom stereocenters. The Morgan fingerprint density at radius 1 is 1.31 bits per heavy atom. The minimum Gasteiger partial charge on any atom is -0.481 e. The number of carbonyl (C=O) groups is 1. The highest BCUT2D eigenvalue weighted by Crippen LogP contribution is 2.27. The van der Waals surface area contributed by atoms with Crippen molar-refractivity contribution in [3.63, 3.8) is 0 Å². The van der Waals surface area contributed by atoms with Gasteiger partial charge >= 0.3 is 0 Å². The molecule has 1 N–H and O–H groups in total. The Balaban J connectivity index is 1.54. The largest absolute Gasteiger partial charge is 0.481 e. The molecule has 29 heavy (non-hydrogen) atoms. The lowest BCUT2D eigenvalue weighted by Crippen LogP contribution is -2.35. The van der Waals surface area contributed by atoms with Gasteiger partial charge in [0.25, 0.3) is 5.91 Å². The van der Waals surface area contributed by atoms with Gasteiger partial charge in [-0.05, 0) is 49.4 Å². The van der Waals surface area contributed by atoms with Gasteiger partial charge in [0.1, 0.15) is 11.5 Å². The van der Waals surface area contributed by atoms with Crippen LogP contribution in [0, 0.1) is 17.1 Å². The summed E-state index contributed by atoms with van der Waals surface area (Å²) in [6.07, 6.45) is 0.884. The first-order chi connectivity index (χ1) is 13.9. The zero-order valence-electron chi connectivity index (χ0n) is 15.2. The Kier molecular flexibility index (Phi) is 6.65. The fourth-order valence-electron chi connectivity index (χ4n) is 2.31. The molecular formula is C20H15ClFN3O3S. The molecule has 1 aromatic heterocycles. The molecule has 0 spiro atoms. The van der Waals surface area contributed by atoms with Gasteiger partial charge in [0.05, 0.1) is 18.2 Å². The number of halogens is 2. The van der Waals surface area contributed by atoms with E-state index in [1.54, 1.807) is 37.4 Å². The van der Waals surface area contributed by atoms with E-state index in [1.807, 2.05) is 6.07 Å². The van der Waals surface area contributed by atoms with Crippen LogP contribution in [-0.2, 0) is 11.3 Å². The molecule has 0 fully saturated rings. The van der Waals surface area contributed by atoms with Gasteiger partial charge in [0.15, 0.2) is 22.1 Å². The van der Waals surface area contributed by atoms with E-state index >= 15 is 0 Å². The van der Waals surface area contributed by atoms with E-state index in [2.05, 4.69) is 10.3 Å². The van der Waals surface area contributed by atoms with Crippen molar-refractivity contribution in [2.24, 2.45) is 0 Å². The topological polar surface area (TPSA) is 84.2 Å². The molecule has 1 unspecified atom stereocenters. The number of hydrogen-bond donors (Lipinski definition) is 1. The van der Waals surface area contributed by atoms with Gasteiger partial charge in [0, 0.05) is 11.1 Å². The zero-order chi connectivity index (χ0) is 20.8. The summed E-state index contributed by atoms with van der Waals surface area (Å²) in [5, 5.41) is 11.5. The monoisotopic (exact) mass is 431 g/mol. The van der Waals surface area contributed by atoms with Gasteiger partial charge in [-0.2, -0.15) is 5.26 Å². The standard InChI is InChI=1S/C20H15ClFN3O3S/c1-12(19(26)24-10-16-11-25-20(21)29-16)27-14-3-5-15(6-4-14)28-18-7-2-13(9-23)8-17(18)22/h2-8,11-12H,10H2,1H3,(H,24,26). The average Bonchev–Trinajstić information content (AvgIpc) is 3.14. The molecule has 2 aromatic carbocycles. The van der Waals surface area contributed by atoms with Crippen molar-refractivity contribution in [3.8, 4) is 23.3 Å². The van der Waals surface area contributed by atoms with E-state index in [0.29, 0.717) is 22.5 Å². The second-order valence-electron chi connectivity index (χ2n) is 5.89. The lowest BCUT2D eigenvalue weighted by atomic mass is 10.2. The second-order valence-corrected chi connectivity index (χ2v) is 7.59. The van der Waals surface area contributed by atoms with Crippen molar-refractivity contribution in [1.29, 1.82) is 5.26 Å². The Morgan fingerprint density at radius 2 is 2.03 bits per heavy atom. The first-order valence-electron chi connectivity index (χ1n) is 8.47. The molecule has 0 aliphatic heterocycles. The zero-order valence-corrected chi connectivity index (χ0v) is 16.8. The van der Waals surface area contributed by atoms with Crippen LogP contribution in [0.4, 0.5) is 4.39 Å². The fourth-order valence-corrected chi connectivity index (χ4v) is 3.22. The van der Waals surface area contributed by atoms with Gasteiger partial charge in [-0.15, -0.1) is 11.3 Å². The van der Waals surface area contributed by atoms with Gasteiger partial charge in [-0.1, -0.05) is 11.6 Å². The minimum absolute atomic E-state index is 0.00795. The SMILES string of the molecule is CC(Oc1ccc(Oc2ccc(C#N)cc2F)cc1)C(=O)NCc1cnc(Cl)s1. The number of thiazole rings is 1. The van der Waals surface area contributed by atoms with Crippen LogP contribution in [0.3, 0.4) is 0 Å². The summed E-state index contributed by atoms with van der Waals surface area (Å²) in [5.74, 6) is -0.0544. The molecule has 3 rings (SSSR count). The predicted molar refractivity (Wildman–Crippen MR) is 107 cm³/mol. The highest BCUT2D eigenvalue weighted by atomic mass is 35.5. The maximum Gasteiger partial charge on any atom is 0.261 e. The van der Waals surface area contributed by atoms with Crippen LogP contribution in [0.1, 0.15) is 17.4 Å². The molecular weight excluding hydrogens is 417 g/mol. The summed E-state index contributed by atoms with van der Waals surface area (Å²) < 4.78 is 25.4. The van der Waals surface area contributed by atoms with E-state index in [1.165, 1.54) is 23.5 Å². The van der Waals surface area contributed by atoms with E-state index in [4.69, 9.17) is 26.3 Å². The Labute approximate surface area is 175 Å². The summed E-state index contributed by atoms with van der Waals surface area (Å²) in [6, 6.07) is 12.2. The molecule has 6 nitrogen and oxygen atoms in total. The first-order valence-corrected chi connectivity index (χ1v) is 9.66. The number of aromatic nitrogens is 1. The number of nitrogens with one attached hydrogen (secondary N) is 1. The Bertz CT molecular complexity index is 1050. The molecule has 1 amide bonds. The third kappa shape index (κ3) is 5.67. The molecule has 0 saturated carbocycles. The summed E-state index contributed by atoms with van der Waals surface area (Å²) in [4.78, 5) is 16.9. The van der Waals surface area contributed by atoms with Crippen LogP contribution in [0.2, 0.25) is 4.47 Å². The molecule has 0 radical (unpaired) electrons. The predicted octanol–water partition coefficient (Wildman–Crippen LogP) is 4.68. The molecule has 0 aliphatic rings. The van der Waals surface area contributed by atoms with Crippen molar-refractivity contribution in [2.45, 2.75) is 19.6 Å². The van der Waals surface area contributed by atoms with Crippen LogP contribution in [0.5, 0.6) is 17.2 Å². The second kappa shape index (κ2) is 9.37. The molecule has 1 heterocycles. The number of hydrogen-bond acceptors (Lipinski definition) is 6. The molecule has 0 bridgehead atoms. The highest BCUT2D eigenvalue weighted by Gasteiger charge is 2.15. The number of ether oxygens (including phenoxy) is 2. The highest BCUT2D eigenvalue weighted by molar-refractivity contribution is 7.15. The third-order valence-electron chi connectivity index (χ3n) is 3.76. The van der Waals surface area contributed by atoms with Crippen molar-refractivity contribution in [2.75, 3.05) is 0 Å². The maximum atomic E-state index is 13.9. The summed E-state index contributed by atoms with van der Waals surface area (Å²) in [5.41, 5.74) is 0.212.